The predicted molar refractivity (Wildman–Crippen MR) is 80.7 cm³/mol. The van der Waals surface area contributed by atoms with Crippen LogP contribution in [0.2, 0.25) is 0 Å². The summed E-state index contributed by atoms with van der Waals surface area (Å²) < 4.78 is 5.23. The summed E-state index contributed by atoms with van der Waals surface area (Å²) in [5.41, 5.74) is -0.497. The average Bonchev–Trinajstić information content (AvgIpc) is 2.97. The van der Waals surface area contributed by atoms with Crippen LogP contribution in [0, 0.1) is 0 Å². The fourth-order valence-corrected chi connectivity index (χ4v) is 2.77. The molecular formula is C14H21N3O3S. The highest BCUT2D eigenvalue weighted by molar-refractivity contribution is 7.11. The number of ether oxygens (including phenoxy) is 1. The van der Waals surface area contributed by atoms with E-state index >= 15 is 0 Å². The van der Waals surface area contributed by atoms with Crippen molar-refractivity contribution in [1.29, 1.82) is 0 Å². The number of rotatable bonds is 4. The lowest BCUT2D eigenvalue weighted by Crippen LogP contribution is -2.41. The summed E-state index contributed by atoms with van der Waals surface area (Å²) in [5.74, 6) is 0.0305. The Morgan fingerprint density at radius 2 is 2.29 bits per heavy atom. The summed E-state index contributed by atoms with van der Waals surface area (Å²) in [4.78, 5) is 29.7. The van der Waals surface area contributed by atoms with Gasteiger partial charge in [-0.1, -0.05) is 0 Å². The van der Waals surface area contributed by atoms with Crippen molar-refractivity contribution in [1.82, 2.24) is 15.2 Å². The highest BCUT2D eigenvalue weighted by Gasteiger charge is 2.27. The number of thiazole rings is 1. The van der Waals surface area contributed by atoms with Crippen LogP contribution >= 0.6 is 11.3 Å². The number of likely N-dealkylation sites (tertiary alicyclic amines) is 1. The number of Topliss-reactive ketones (excluding diaryl/α,β-unsaturated/α-hetero) is 1. The van der Waals surface area contributed by atoms with Crippen molar-refractivity contribution >= 4 is 23.2 Å². The molecule has 0 aromatic carbocycles. The topological polar surface area (TPSA) is 71.5 Å². The molecule has 1 aliphatic rings. The largest absolute Gasteiger partial charge is 0.444 e. The molecule has 2 heterocycles. The van der Waals surface area contributed by atoms with Gasteiger partial charge in [-0.15, -0.1) is 11.3 Å². The molecule has 6 nitrogen and oxygen atoms in total. The van der Waals surface area contributed by atoms with E-state index in [-0.39, 0.29) is 11.8 Å². The van der Waals surface area contributed by atoms with Crippen molar-refractivity contribution in [3.05, 3.63) is 16.6 Å². The highest BCUT2D eigenvalue weighted by atomic mass is 32.1. The van der Waals surface area contributed by atoms with Crippen LogP contribution in [0.15, 0.2) is 11.6 Å². The van der Waals surface area contributed by atoms with Gasteiger partial charge in [0.15, 0.2) is 5.01 Å². The van der Waals surface area contributed by atoms with Crippen LogP contribution in [-0.2, 0) is 4.74 Å². The van der Waals surface area contributed by atoms with Gasteiger partial charge in [0, 0.05) is 30.7 Å². The molecule has 0 bridgehead atoms. The number of hydrogen-bond donors (Lipinski definition) is 1. The molecule has 1 fully saturated rings. The Balaban J connectivity index is 1.76. The Morgan fingerprint density at radius 1 is 1.52 bits per heavy atom. The Hall–Kier alpha value is -1.47. The minimum Gasteiger partial charge on any atom is -0.444 e. The first-order chi connectivity index (χ1) is 9.83. The molecule has 1 N–H and O–H groups in total. The molecule has 0 unspecified atom stereocenters. The van der Waals surface area contributed by atoms with Gasteiger partial charge in [0.2, 0.25) is 5.78 Å². The smallest absolute Gasteiger partial charge is 0.407 e. The highest BCUT2D eigenvalue weighted by Crippen LogP contribution is 2.13. The molecule has 116 valence electrons. The van der Waals surface area contributed by atoms with E-state index in [0.29, 0.717) is 18.1 Å². The Labute approximate surface area is 128 Å². The molecular weight excluding hydrogens is 290 g/mol. The lowest BCUT2D eigenvalue weighted by molar-refractivity contribution is 0.0506. The first-order valence-electron chi connectivity index (χ1n) is 6.98. The maximum atomic E-state index is 12.0. The molecule has 1 atom stereocenters. The second-order valence-corrected chi connectivity index (χ2v) is 7.02. The van der Waals surface area contributed by atoms with Crippen LogP contribution in [0.1, 0.15) is 37.0 Å². The van der Waals surface area contributed by atoms with E-state index in [4.69, 9.17) is 4.74 Å². The molecule has 21 heavy (non-hydrogen) atoms. The zero-order valence-electron chi connectivity index (χ0n) is 12.6. The van der Waals surface area contributed by atoms with Gasteiger partial charge >= 0.3 is 6.09 Å². The third kappa shape index (κ3) is 5.09. The van der Waals surface area contributed by atoms with Crippen LogP contribution < -0.4 is 5.32 Å². The first kappa shape index (κ1) is 15.9. The van der Waals surface area contributed by atoms with Gasteiger partial charge in [-0.2, -0.15) is 0 Å². The van der Waals surface area contributed by atoms with Gasteiger partial charge in [-0.3, -0.25) is 9.69 Å². The fourth-order valence-electron chi connectivity index (χ4n) is 2.20. The maximum Gasteiger partial charge on any atom is 0.407 e. The third-order valence-corrected chi connectivity index (χ3v) is 3.85. The molecule has 7 heteroatoms. The van der Waals surface area contributed by atoms with Crippen molar-refractivity contribution < 1.29 is 14.3 Å². The Kier molecular flexibility index (Phi) is 4.95. The van der Waals surface area contributed by atoms with Crippen molar-refractivity contribution in [3.8, 4) is 0 Å². The van der Waals surface area contributed by atoms with E-state index in [0.717, 1.165) is 13.0 Å². The first-order valence-corrected chi connectivity index (χ1v) is 7.86. The molecule has 1 aromatic rings. The predicted octanol–water partition coefficient (Wildman–Crippen LogP) is 1.92. The molecule has 0 aliphatic carbocycles. The molecule has 1 saturated heterocycles. The van der Waals surface area contributed by atoms with Crippen molar-refractivity contribution in [2.24, 2.45) is 0 Å². The second kappa shape index (κ2) is 6.53. The Morgan fingerprint density at radius 3 is 2.90 bits per heavy atom. The van der Waals surface area contributed by atoms with Gasteiger partial charge in [-0.05, 0) is 27.2 Å². The van der Waals surface area contributed by atoms with Gasteiger partial charge in [-0.25, -0.2) is 9.78 Å². The number of nitrogens with one attached hydrogen (secondary N) is 1. The molecule has 0 spiro atoms. The summed E-state index contributed by atoms with van der Waals surface area (Å²) in [6.07, 6.45) is 2.06. The van der Waals surface area contributed by atoms with Crippen LogP contribution in [0.5, 0.6) is 0 Å². The number of carbonyl (C=O) groups excluding carboxylic acids is 2. The number of aromatic nitrogens is 1. The molecule has 1 amide bonds. The molecule has 2 rings (SSSR count). The van der Waals surface area contributed by atoms with Gasteiger partial charge in [0.25, 0.3) is 0 Å². The summed E-state index contributed by atoms with van der Waals surface area (Å²) in [6, 6.07) is 0.0314. The summed E-state index contributed by atoms with van der Waals surface area (Å²) in [7, 11) is 0. The van der Waals surface area contributed by atoms with E-state index in [1.807, 2.05) is 25.7 Å². The van der Waals surface area contributed by atoms with Crippen LogP contribution in [0.3, 0.4) is 0 Å². The van der Waals surface area contributed by atoms with Crippen LogP contribution in [0.4, 0.5) is 4.79 Å². The van der Waals surface area contributed by atoms with Crippen molar-refractivity contribution in [2.45, 2.75) is 38.8 Å². The van der Waals surface area contributed by atoms with Crippen molar-refractivity contribution in [3.63, 3.8) is 0 Å². The minimum atomic E-state index is -0.497. The Bertz CT molecular complexity index is 496. The summed E-state index contributed by atoms with van der Waals surface area (Å²) >= 11 is 1.36. The number of hydrogen-bond acceptors (Lipinski definition) is 6. The second-order valence-electron chi connectivity index (χ2n) is 6.13. The lowest BCUT2D eigenvalue weighted by atomic mass is 10.2. The number of alkyl carbamates (subject to hydrolysis) is 1. The van der Waals surface area contributed by atoms with E-state index in [9.17, 15) is 9.59 Å². The summed E-state index contributed by atoms with van der Waals surface area (Å²) in [5, 5.41) is 5.18. The van der Waals surface area contributed by atoms with Gasteiger partial charge < -0.3 is 10.1 Å². The minimum absolute atomic E-state index is 0.0305. The average molecular weight is 311 g/mol. The molecule has 0 saturated carbocycles. The van der Waals surface area contributed by atoms with Crippen molar-refractivity contribution in [2.75, 3.05) is 19.6 Å². The monoisotopic (exact) mass is 311 g/mol. The van der Waals surface area contributed by atoms with E-state index in [2.05, 4.69) is 10.3 Å². The number of ketones is 1. The van der Waals surface area contributed by atoms with E-state index in [1.54, 1.807) is 11.6 Å². The molecule has 1 aliphatic heterocycles. The third-order valence-electron chi connectivity index (χ3n) is 3.03. The van der Waals surface area contributed by atoms with E-state index < -0.39 is 11.7 Å². The molecule has 0 radical (unpaired) electrons. The lowest BCUT2D eigenvalue weighted by Gasteiger charge is -2.21. The van der Waals surface area contributed by atoms with E-state index in [1.165, 1.54) is 11.3 Å². The normalized spacial score (nSPS) is 19.5. The maximum absolute atomic E-state index is 12.0. The molecule has 1 aromatic heterocycles. The number of nitrogens with zero attached hydrogens (tertiary/aromatic N) is 2. The van der Waals surface area contributed by atoms with Gasteiger partial charge in [0.05, 0.1) is 6.54 Å². The van der Waals surface area contributed by atoms with Gasteiger partial charge in [0.1, 0.15) is 5.60 Å². The fraction of sp³-hybridized carbons (Fsp3) is 0.643. The summed E-state index contributed by atoms with van der Waals surface area (Å²) in [6.45, 7) is 7.30. The SMILES string of the molecule is CC(C)(C)OC(=O)N[C@H]1CCN(CC(=O)c2nccs2)C1. The zero-order chi connectivity index (χ0) is 15.5. The van der Waals surface area contributed by atoms with Crippen LogP contribution in [0.25, 0.3) is 0 Å². The standard InChI is InChI=1S/C14H21N3O3S/c1-14(2,3)20-13(19)16-10-4-6-17(8-10)9-11(18)12-15-5-7-21-12/h5,7,10H,4,6,8-9H2,1-3H3,(H,16,19)/t10-/m0/s1. The zero-order valence-corrected chi connectivity index (χ0v) is 13.4. The van der Waals surface area contributed by atoms with Crippen LogP contribution in [-0.4, -0.2) is 53.0 Å². The quantitative estimate of drug-likeness (QED) is 0.860. The number of carbonyl (C=O) groups is 2. The number of amides is 1.